The Labute approximate surface area is 569 Å². The van der Waals surface area contributed by atoms with Crippen molar-refractivity contribution in [2.75, 3.05) is 0 Å². The molecule has 8 aromatic carbocycles. The summed E-state index contributed by atoms with van der Waals surface area (Å²) in [7, 11) is 8.28. The van der Waals surface area contributed by atoms with Crippen LogP contribution in [0.5, 0.6) is 0 Å². The summed E-state index contributed by atoms with van der Waals surface area (Å²) in [6, 6.07) is 83.1. The summed E-state index contributed by atoms with van der Waals surface area (Å²) in [6.45, 7) is 15.7. The third-order valence-electron chi connectivity index (χ3n) is 17.3. The Kier molecular flexibility index (Phi) is 19.5. The molecule has 12 rings (SSSR count). The fraction of sp³-hybridized carbons (Fsp3) is 0.236. The predicted molar refractivity (Wildman–Crippen MR) is 394 cm³/mol. The zero-order valence-electron chi connectivity index (χ0n) is 65.1. The first-order valence-corrected chi connectivity index (χ1v) is 32.5. The van der Waals surface area contributed by atoms with Crippen LogP contribution in [-0.2, 0) is 34.6 Å². The first-order chi connectivity index (χ1) is 47.8. The van der Waals surface area contributed by atoms with Crippen molar-refractivity contribution >= 4 is 0 Å². The fourth-order valence-corrected chi connectivity index (χ4v) is 11.9. The van der Waals surface area contributed by atoms with Crippen LogP contribution in [0, 0.1) is 33.6 Å². The molecule has 2 unspecified atom stereocenters. The number of rotatable bonds is 13. The largest absolute Gasteiger partial charge is 0.212 e. The molecule has 0 saturated carbocycles. The molecule has 0 aliphatic carbocycles. The van der Waals surface area contributed by atoms with Gasteiger partial charge in [-0.1, -0.05) is 225 Å². The van der Waals surface area contributed by atoms with E-state index in [4.69, 9.17) is 11.0 Å². The van der Waals surface area contributed by atoms with E-state index < -0.39 is 25.5 Å². The van der Waals surface area contributed by atoms with E-state index in [1.807, 2.05) is 81.0 Å². The fourth-order valence-electron chi connectivity index (χ4n) is 11.9. The highest BCUT2D eigenvalue weighted by molar-refractivity contribution is 5.71. The van der Waals surface area contributed by atoms with Crippen LogP contribution in [0.2, 0.25) is 0 Å². The average Bonchev–Trinajstić information content (AvgIpc) is 0.793. The molecule has 0 amide bonds. The highest BCUT2D eigenvalue weighted by Crippen LogP contribution is 2.31. The molecule has 0 radical (unpaired) electrons. The van der Waals surface area contributed by atoms with Gasteiger partial charge in [0.1, 0.15) is 28.2 Å². The number of aromatic nitrogens is 4. The number of benzene rings is 8. The normalized spacial score (nSPS) is 13.8. The highest BCUT2D eigenvalue weighted by atomic mass is 14.9. The van der Waals surface area contributed by atoms with E-state index >= 15 is 0 Å². The van der Waals surface area contributed by atoms with Gasteiger partial charge in [0.2, 0.25) is 22.8 Å². The molecule has 0 aliphatic rings. The molecular formula is C89H98N4+4. The molecule has 0 bridgehead atoms. The molecule has 470 valence electrons. The van der Waals surface area contributed by atoms with Crippen molar-refractivity contribution < 1.29 is 29.2 Å². The monoisotopic (exact) mass is 1230 g/mol. The topological polar surface area (TPSA) is 15.5 Å². The molecule has 4 heteroatoms. The van der Waals surface area contributed by atoms with Gasteiger partial charge in [-0.3, -0.25) is 0 Å². The maximum atomic E-state index is 8.32. The zero-order valence-corrected chi connectivity index (χ0v) is 57.1. The van der Waals surface area contributed by atoms with Crippen LogP contribution in [0.4, 0.5) is 0 Å². The van der Waals surface area contributed by atoms with Gasteiger partial charge in [-0.25, -0.2) is 18.3 Å². The van der Waals surface area contributed by atoms with Crippen molar-refractivity contribution in [1.82, 2.24) is 0 Å². The van der Waals surface area contributed by atoms with Crippen LogP contribution in [-0.4, -0.2) is 0 Å². The molecule has 4 nitrogen and oxygen atoms in total. The molecular weight excluding hydrogens is 1130 g/mol. The second-order valence-electron chi connectivity index (χ2n) is 25.4. The van der Waals surface area contributed by atoms with E-state index in [1.165, 1.54) is 103 Å². The molecule has 93 heavy (non-hydrogen) atoms. The van der Waals surface area contributed by atoms with Crippen molar-refractivity contribution in [1.29, 1.82) is 0 Å². The van der Waals surface area contributed by atoms with Gasteiger partial charge in [0, 0.05) is 79.7 Å². The quantitative estimate of drug-likeness (QED) is 0.102. The Hall–Kier alpha value is -9.64. The first kappa shape index (κ1) is 57.3. The lowest BCUT2D eigenvalue weighted by Gasteiger charge is -2.09. The predicted octanol–water partition coefficient (Wildman–Crippen LogP) is 21.2. The molecule has 0 saturated heterocycles. The molecule has 12 aromatic rings. The number of hydrogen-bond donors (Lipinski definition) is 0. The second kappa shape index (κ2) is 31.6. The maximum Gasteiger partial charge on any atom is 0.212 e. The van der Waals surface area contributed by atoms with Gasteiger partial charge in [0.05, 0.1) is 0 Å². The SMILES string of the molecule is Cc1ccccc1-c1ccc(-c2cccc(C(C)C)c2)c[n+]1C.Cc1ccccc1-c1ccc(-c2cccc(CC(C)C)c2)c[n+]1C.[2H]C([2H])([2H])C([2H])(C)c1ccc(-c2ccc(-c3ccccc3C)[n+](C)c2)cc1.[2H]C([2H])([2H])C([2H])(C)c1cccc(-c2ccc(-c3ccccc3C)[n+](C)c2)c1. The van der Waals surface area contributed by atoms with Crippen LogP contribution in [0.3, 0.4) is 0 Å². The third kappa shape index (κ3) is 17.5. The highest BCUT2D eigenvalue weighted by Gasteiger charge is 2.19. The molecule has 4 heterocycles. The number of nitrogens with zero attached hydrogens (tertiary/aromatic N) is 4. The number of hydrogen-bond acceptors (Lipinski definition) is 0. The van der Waals surface area contributed by atoms with E-state index in [-0.39, 0.29) is 0 Å². The molecule has 0 aliphatic heterocycles. The van der Waals surface area contributed by atoms with Crippen molar-refractivity contribution in [2.45, 2.75) is 107 Å². The standard InChI is InChI=1S/C23H26N.3C22H24N/c1-17(2)14-19-9-7-10-20(15-19)21-12-13-23(24(4)16-21)22-11-6-5-8-18(22)3;2*1-16(2)18-9-7-10-19(14-18)20-12-13-22(23(4)15-20)21-11-6-5-8-17(21)3;1-16(2)18-9-11-19(12-10-18)20-13-14-22(23(4)15-20)21-8-6-5-7-17(21)3/h5-13,15-17H,14H2,1-4H3;3*5-16H,1-4H3/q4*+1/i;1D3,16D;;1D3,16D. The Morgan fingerprint density at radius 2 is 0.613 bits per heavy atom. The minimum Gasteiger partial charge on any atom is -0.200 e. The van der Waals surface area contributed by atoms with Gasteiger partial charge < -0.3 is 0 Å². The molecule has 2 atom stereocenters. The molecule has 0 fully saturated rings. The number of pyridine rings is 4. The lowest BCUT2D eigenvalue weighted by Crippen LogP contribution is -2.30. The van der Waals surface area contributed by atoms with Crippen molar-refractivity contribution in [3.63, 3.8) is 0 Å². The number of aryl methyl sites for hydroxylation is 8. The maximum absolute atomic E-state index is 8.32. The van der Waals surface area contributed by atoms with Crippen LogP contribution < -0.4 is 18.3 Å². The van der Waals surface area contributed by atoms with Crippen LogP contribution in [0.15, 0.2) is 267 Å². The van der Waals surface area contributed by atoms with Crippen LogP contribution in [0.25, 0.3) is 89.5 Å². The smallest absolute Gasteiger partial charge is 0.200 e. The van der Waals surface area contributed by atoms with Crippen LogP contribution >= 0.6 is 0 Å². The zero-order chi connectivity index (χ0) is 73.1. The van der Waals surface area contributed by atoms with Gasteiger partial charge in [-0.15, -0.1) is 0 Å². The Morgan fingerprint density at radius 1 is 0.301 bits per heavy atom. The molecule has 0 spiro atoms. The van der Waals surface area contributed by atoms with Crippen LogP contribution in [0.1, 0.15) is 128 Å². The molecule has 0 N–H and O–H groups in total. The summed E-state index contributed by atoms with van der Waals surface area (Å²) in [5, 5.41) is 0. The van der Waals surface area contributed by atoms with Crippen molar-refractivity contribution in [2.24, 2.45) is 34.1 Å². The first-order valence-electron chi connectivity index (χ1n) is 36.5. The third-order valence-corrected chi connectivity index (χ3v) is 17.3. The summed E-state index contributed by atoms with van der Waals surface area (Å²) < 4.78 is 70.9. The summed E-state index contributed by atoms with van der Waals surface area (Å²) in [5.74, 6) is -2.04. The Morgan fingerprint density at radius 3 is 0.957 bits per heavy atom. The van der Waals surface area contributed by atoms with Crippen molar-refractivity contribution in [3.05, 3.63) is 312 Å². The van der Waals surface area contributed by atoms with Gasteiger partial charge in [-0.05, 0) is 173 Å². The van der Waals surface area contributed by atoms with Gasteiger partial charge in [-0.2, -0.15) is 0 Å². The summed E-state index contributed by atoms with van der Waals surface area (Å²) >= 11 is 0. The van der Waals surface area contributed by atoms with Gasteiger partial charge >= 0.3 is 0 Å². The minimum atomic E-state index is -2.38. The molecule has 4 aromatic heterocycles. The van der Waals surface area contributed by atoms with E-state index in [2.05, 4.69) is 270 Å². The Bertz CT molecular complexity index is 4830. The van der Waals surface area contributed by atoms with E-state index in [0.717, 1.165) is 40.1 Å². The van der Waals surface area contributed by atoms with E-state index in [0.29, 0.717) is 23.0 Å². The lowest BCUT2D eigenvalue weighted by molar-refractivity contribution is -0.660. The summed E-state index contributed by atoms with van der Waals surface area (Å²) in [4.78, 5) is 0. The van der Waals surface area contributed by atoms with Crippen molar-refractivity contribution in [3.8, 4) is 89.5 Å². The second-order valence-corrected chi connectivity index (χ2v) is 25.4. The lowest BCUT2D eigenvalue weighted by atomic mass is 9.97. The summed E-state index contributed by atoms with van der Waals surface area (Å²) in [6.07, 6.45) is 9.69. The summed E-state index contributed by atoms with van der Waals surface area (Å²) in [5.41, 5.74) is 27.5. The van der Waals surface area contributed by atoms with E-state index in [1.54, 1.807) is 18.2 Å². The minimum absolute atomic E-state index is 0.491. The van der Waals surface area contributed by atoms with Gasteiger partial charge in [0.15, 0.2) is 24.8 Å². The average molecular weight is 1230 g/mol. The van der Waals surface area contributed by atoms with Gasteiger partial charge in [0.25, 0.3) is 0 Å². The Balaban J connectivity index is 0.000000157. The van der Waals surface area contributed by atoms with E-state index in [9.17, 15) is 0 Å².